The zero-order chi connectivity index (χ0) is 8.91. The number of nitrogens with zero attached hydrogens (tertiary/aromatic N) is 3. The van der Waals surface area contributed by atoms with Crippen LogP contribution in [0.4, 0.5) is 0 Å². The predicted octanol–water partition coefficient (Wildman–Crippen LogP) is 0.963. The Morgan fingerprint density at radius 1 is 1.73 bits per heavy atom. The molecule has 64 valence electrons. The Hall–Kier alpha value is -0.780. The van der Waals surface area contributed by atoms with Gasteiger partial charge in [0.05, 0.1) is 5.75 Å². The van der Waals surface area contributed by atoms with E-state index < -0.39 is 16.2 Å². The van der Waals surface area contributed by atoms with Gasteiger partial charge >= 0.3 is 0 Å². The van der Waals surface area contributed by atoms with Gasteiger partial charge in [0.15, 0.2) is 0 Å². The average molecular weight is 179 g/mol. The summed E-state index contributed by atoms with van der Waals surface area (Å²) in [5, 5.41) is 3.23. The van der Waals surface area contributed by atoms with Gasteiger partial charge in [-0.1, -0.05) is 12.0 Å². The second-order valence-corrected chi connectivity index (χ2v) is 3.70. The third-order valence-electron chi connectivity index (χ3n) is 1.04. The molecule has 1 N–H and O–H groups in total. The van der Waals surface area contributed by atoms with Crippen molar-refractivity contribution in [2.75, 3.05) is 5.75 Å². The summed E-state index contributed by atoms with van der Waals surface area (Å²) in [5.74, 6) is -0.368. The molecule has 6 nitrogen and oxygen atoms in total. The molecule has 0 spiro atoms. The standard InChI is InChI=1S/C4H9N3O3S/c1-4(6-7-5)2-3-11(8,9)10/h4H,2-3H2,1H3,(H,8,9,10). The van der Waals surface area contributed by atoms with Gasteiger partial charge in [0, 0.05) is 11.0 Å². The largest absolute Gasteiger partial charge is 0.286 e. The lowest BCUT2D eigenvalue weighted by Crippen LogP contribution is -2.09. The molecule has 0 fully saturated rings. The summed E-state index contributed by atoms with van der Waals surface area (Å²) in [5.41, 5.74) is 7.91. The van der Waals surface area contributed by atoms with Gasteiger partial charge in [0.25, 0.3) is 10.1 Å². The van der Waals surface area contributed by atoms with Gasteiger partial charge in [-0.3, -0.25) is 4.55 Å². The molecular weight excluding hydrogens is 170 g/mol. The third-order valence-corrected chi connectivity index (χ3v) is 1.79. The van der Waals surface area contributed by atoms with E-state index in [-0.39, 0.29) is 12.2 Å². The van der Waals surface area contributed by atoms with Crippen LogP contribution in [0.3, 0.4) is 0 Å². The molecule has 0 heterocycles. The predicted molar refractivity (Wildman–Crippen MR) is 39.6 cm³/mol. The molecule has 7 heteroatoms. The number of hydrogen-bond donors (Lipinski definition) is 1. The van der Waals surface area contributed by atoms with Crippen LogP contribution in [-0.2, 0) is 10.1 Å². The summed E-state index contributed by atoms with van der Waals surface area (Å²) in [6.45, 7) is 1.57. The minimum Gasteiger partial charge on any atom is -0.286 e. The Kier molecular flexibility index (Phi) is 3.88. The van der Waals surface area contributed by atoms with E-state index in [4.69, 9.17) is 10.1 Å². The Labute approximate surface area is 64.6 Å². The Balaban J connectivity index is 3.81. The highest BCUT2D eigenvalue weighted by molar-refractivity contribution is 7.85. The van der Waals surface area contributed by atoms with Gasteiger partial charge in [-0.2, -0.15) is 8.42 Å². The van der Waals surface area contributed by atoms with Crippen LogP contribution in [0.1, 0.15) is 13.3 Å². The van der Waals surface area contributed by atoms with Crippen molar-refractivity contribution in [1.82, 2.24) is 0 Å². The van der Waals surface area contributed by atoms with E-state index >= 15 is 0 Å². The van der Waals surface area contributed by atoms with Crippen LogP contribution in [0.2, 0.25) is 0 Å². The fourth-order valence-electron chi connectivity index (χ4n) is 0.465. The minimum atomic E-state index is -3.92. The molecule has 0 aliphatic heterocycles. The quantitative estimate of drug-likeness (QED) is 0.301. The first kappa shape index (κ1) is 10.2. The number of hydrogen-bond acceptors (Lipinski definition) is 3. The lowest BCUT2D eigenvalue weighted by molar-refractivity contribution is 0.478. The maximum absolute atomic E-state index is 10.2. The molecule has 11 heavy (non-hydrogen) atoms. The molecule has 0 aliphatic rings. The van der Waals surface area contributed by atoms with Crippen LogP contribution < -0.4 is 0 Å². The molecule has 1 unspecified atom stereocenters. The van der Waals surface area contributed by atoms with E-state index in [1.54, 1.807) is 6.92 Å². The van der Waals surface area contributed by atoms with Crippen molar-refractivity contribution in [1.29, 1.82) is 0 Å². The second kappa shape index (κ2) is 4.17. The van der Waals surface area contributed by atoms with Crippen molar-refractivity contribution in [3.63, 3.8) is 0 Å². The average Bonchev–Trinajstić information content (AvgIpc) is 1.83. The normalized spacial score (nSPS) is 13.6. The summed E-state index contributed by atoms with van der Waals surface area (Å²) in [7, 11) is -3.92. The highest BCUT2D eigenvalue weighted by atomic mass is 32.2. The topological polar surface area (TPSA) is 103 Å². The van der Waals surface area contributed by atoms with Gasteiger partial charge < -0.3 is 0 Å². The summed E-state index contributed by atoms with van der Waals surface area (Å²) in [4.78, 5) is 2.48. The van der Waals surface area contributed by atoms with E-state index in [1.807, 2.05) is 0 Å². The van der Waals surface area contributed by atoms with E-state index in [2.05, 4.69) is 10.0 Å². The highest BCUT2D eigenvalue weighted by Crippen LogP contribution is 1.99. The van der Waals surface area contributed by atoms with E-state index in [0.29, 0.717) is 0 Å². The minimum absolute atomic E-state index is 0.142. The van der Waals surface area contributed by atoms with E-state index in [0.717, 1.165) is 0 Å². The molecule has 0 amide bonds. The lowest BCUT2D eigenvalue weighted by Gasteiger charge is -1.99. The molecule has 0 bridgehead atoms. The molecule has 0 aromatic carbocycles. The van der Waals surface area contributed by atoms with Crippen LogP contribution in [0.25, 0.3) is 10.4 Å². The van der Waals surface area contributed by atoms with Gasteiger partial charge in [-0.05, 0) is 12.0 Å². The maximum Gasteiger partial charge on any atom is 0.264 e. The van der Waals surface area contributed by atoms with Crippen LogP contribution in [0.15, 0.2) is 5.11 Å². The van der Waals surface area contributed by atoms with Crippen LogP contribution in [0, 0.1) is 0 Å². The van der Waals surface area contributed by atoms with Crippen molar-refractivity contribution >= 4 is 10.1 Å². The molecule has 0 aromatic rings. The van der Waals surface area contributed by atoms with Crippen molar-refractivity contribution < 1.29 is 13.0 Å². The summed E-state index contributed by atoms with van der Waals surface area (Å²) in [6.07, 6.45) is 0.142. The molecule has 0 rings (SSSR count). The van der Waals surface area contributed by atoms with Gasteiger partial charge in [0.2, 0.25) is 0 Å². The molecule has 0 aromatic heterocycles. The Morgan fingerprint density at radius 2 is 2.27 bits per heavy atom. The first-order chi connectivity index (χ1) is 4.95. The van der Waals surface area contributed by atoms with Crippen LogP contribution in [0.5, 0.6) is 0 Å². The summed E-state index contributed by atoms with van der Waals surface area (Å²) < 4.78 is 28.6. The molecular formula is C4H9N3O3S. The Bertz CT molecular complexity index is 254. The van der Waals surface area contributed by atoms with E-state index in [1.165, 1.54) is 0 Å². The fraction of sp³-hybridized carbons (Fsp3) is 1.00. The molecule has 0 aliphatic carbocycles. The second-order valence-electron chi connectivity index (χ2n) is 2.13. The Morgan fingerprint density at radius 3 is 2.64 bits per heavy atom. The third kappa shape index (κ3) is 7.11. The summed E-state index contributed by atoms with van der Waals surface area (Å²) in [6, 6.07) is -0.401. The van der Waals surface area contributed by atoms with Crippen LogP contribution in [-0.4, -0.2) is 24.8 Å². The number of rotatable bonds is 4. The van der Waals surface area contributed by atoms with Crippen molar-refractivity contribution in [3.8, 4) is 0 Å². The molecule has 1 atom stereocenters. The van der Waals surface area contributed by atoms with Gasteiger partial charge in [-0.15, -0.1) is 0 Å². The zero-order valence-corrected chi connectivity index (χ0v) is 6.82. The highest BCUT2D eigenvalue weighted by Gasteiger charge is 2.06. The first-order valence-corrected chi connectivity index (χ1v) is 4.56. The van der Waals surface area contributed by atoms with Crippen LogP contribution >= 0.6 is 0 Å². The molecule has 0 saturated heterocycles. The monoisotopic (exact) mass is 179 g/mol. The fourth-order valence-corrected chi connectivity index (χ4v) is 1.10. The first-order valence-electron chi connectivity index (χ1n) is 2.95. The van der Waals surface area contributed by atoms with Crippen molar-refractivity contribution in [3.05, 3.63) is 10.4 Å². The zero-order valence-electron chi connectivity index (χ0n) is 6.01. The van der Waals surface area contributed by atoms with Gasteiger partial charge in [0.1, 0.15) is 0 Å². The lowest BCUT2D eigenvalue weighted by atomic mass is 10.3. The van der Waals surface area contributed by atoms with Gasteiger partial charge in [-0.25, -0.2) is 0 Å². The molecule has 0 radical (unpaired) electrons. The maximum atomic E-state index is 10.2. The molecule has 0 saturated carbocycles. The van der Waals surface area contributed by atoms with Crippen molar-refractivity contribution in [2.45, 2.75) is 19.4 Å². The van der Waals surface area contributed by atoms with Crippen molar-refractivity contribution in [2.24, 2.45) is 5.11 Å². The van der Waals surface area contributed by atoms with E-state index in [9.17, 15) is 8.42 Å². The summed E-state index contributed by atoms with van der Waals surface area (Å²) >= 11 is 0. The smallest absolute Gasteiger partial charge is 0.264 e. The number of azide groups is 1. The SMILES string of the molecule is CC(CCS(=O)(=O)O)N=[N+]=[N-].